The molecule has 1 N–H and O–H groups in total. The number of aryl methyl sites for hydroxylation is 2. The first kappa shape index (κ1) is 17.9. The van der Waals surface area contributed by atoms with Gasteiger partial charge in [-0.15, -0.1) is 11.3 Å². The van der Waals surface area contributed by atoms with Crippen molar-refractivity contribution in [3.05, 3.63) is 44.3 Å². The van der Waals surface area contributed by atoms with Crippen LogP contribution in [0.4, 0.5) is 5.69 Å². The molecular formula is C16H15ClN4O2S2. The second kappa shape index (κ2) is 7.15. The van der Waals surface area contributed by atoms with E-state index in [-0.39, 0.29) is 22.4 Å². The fourth-order valence-corrected chi connectivity index (χ4v) is 4.29. The third kappa shape index (κ3) is 3.56. The van der Waals surface area contributed by atoms with Gasteiger partial charge in [0.25, 0.3) is 5.56 Å². The summed E-state index contributed by atoms with van der Waals surface area (Å²) in [5.74, 6) is -0.131. The van der Waals surface area contributed by atoms with E-state index < -0.39 is 0 Å². The number of anilines is 1. The number of halogens is 1. The van der Waals surface area contributed by atoms with Crippen molar-refractivity contribution in [1.29, 1.82) is 0 Å². The van der Waals surface area contributed by atoms with Crippen molar-refractivity contribution < 1.29 is 4.79 Å². The lowest BCUT2D eigenvalue weighted by Gasteiger charge is -2.08. The monoisotopic (exact) mass is 394 g/mol. The second-order valence-corrected chi connectivity index (χ2v) is 7.90. The molecule has 3 aromatic heterocycles. The molecule has 0 aliphatic carbocycles. The van der Waals surface area contributed by atoms with Gasteiger partial charge in [0.1, 0.15) is 4.83 Å². The summed E-state index contributed by atoms with van der Waals surface area (Å²) in [6.07, 6.45) is 1.55. The van der Waals surface area contributed by atoms with Crippen LogP contribution in [0.3, 0.4) is 0 Å². The number of amides is 1. The highest BCUT2D eigenvalue weighted by atomic mass is 35.5. The van der Waals surface area contributed by atoms with Crippen LogP contribution < -0.4 is 10.9 Å². The number of nitrogens with one attached hydrogen (secondary N) is 1. The van der Waals surface area contributed by atoms with Crippen LogP contribution in [-0.4, -0.2) is 26.2 Å². The zero-order chi connectivity index (χ0) is 18.1. The molecule has 0 saturated heterocycles. The summed E-state index contributed by atoms with van der Waals surface area (Å²) in [5.41, 5.74) is 1.33. The topological polar surface area (TPSA) is 76.9 Å². The Kier molecular flexibility index (Phi) is 5.12. The number of fused-ring (bicyclic) bond motifs is 1. The van der Waals surface area contributed by atoms with Crippen LogP contribution in [-0.2, 0) is 11.8 Å². The van der Waals surface area contributed by atoms with Crippen LogP contribution in [0, 0.1) is 13.8 Å². The van der Waals surface area contributed by atoms with Crippen molar-refractivity contribution in [3.8, 4) is 0 Å². The Morgan fingerprint density at radius 2 is 2.20 bits per heavy atom. The molecule has 0 aliphatic rings. The van der Waals surface area contributed by atoms with Crippen molar-refractivity contribution in [2.24, 2.45) is 7.05 Å². The van der Waals surface area contributed by atoms with Crippen LogP contribution in [0.2, 0.25) is 5.15 Å². The Morgan fingerprint density at radius 1 is 1.44 bits per heavy atom. The van der Waals surface area contributed by atoms with E-state index in [1.54, 1.807) is 25.4 Å². The van der Waals surface area contributed by atoms with Gasteiger partial charge in [-0.3, -0.25) is 14.2 Å². The maximum Gasteiger partial charge on any atom is 0.262 e. The van der Waals surface area contributed by atoms with E-state index in [2.05, 4.69) is 15.3 Å². The Balaban J connectivity index is 1.79. The molecule has 0 aliphatic heterocycles. The minimum atomic E-state index is -0.243. The van der Waals surface area contributed by atoms with Gasteiger partial charge in [0, 0.05) is 18.1 Å². The molecule has 0 aromatic carbocycles. The molecule has 0 spiro atoms. The van der Waals surface area contributed by atoms with E-state index in [4.69, 9.17) is 11.6 Å². The van der Waals surface area contributed by atoms with Gasteiger partial charge in [0.05, 0.1) is 16.8 Å². The fraction of sp³-hybridized carbons (Fsp3) is 0.250. The Hall–Kier alpha value is -1.90. The van der Waals surface area contributed by atoms with Crippen molar-refractivity contribution >= 4 is 56.5 Å². The SMILES string of the molecule is Cc1sc2nc(SCC(=O)Nc3cccnc3Cl)n(C)c(=O)c2c1C. The summed E-state index contributed by atoms with van der Waals surface area (Å²) in [4.78, 5) is 34.9. The molecular weight excluding hydrogens is 380 g/mol. The third-order valence-electron chi connectivity index (χ3n) is 3.73. The van der Waals surface area contributed by atoms with Crippen molar-refractivity contribution in [2.45, 2.75) is 19.0 Å². The first-order valence-corrected chi connectivity index (χ1v) is 9.56. The summed E-state index contributed by atoms with van der Waals surface area (Å²) in [7, 11) is 1.67. The summed E-state index contributed by atoms with van der Waals surface area (Å²) < 4.78 is 1.48. The van der Waals surface area contributed by atoms with E-state index in [0.29, 0.717) is 21.1 Å². The van der Waals surface area contributed by atoms with Gasteiger partial charge < -0.3 is 5.32 Å². The summed E-state index contributed by atoms with van der Waals surface area (Å²) in [5, 5.41) is 4.09. The van der Waals surface area contributed by atoms with E-state index in [1.165, 1.54) is 27.7 Å². The summed E-state index contributed by atoms with van der Waals surface area (Å²) >= 11 is 8.62. The first-order chi connectivity index (χ1) is 11.9. The highest BCUT2D eigenvalue weighted by Crippen LogP contribution is 2.28. The number of pyridine rings is 1. The highest BCUT2D eigenvalue weighted by Gasteiger charge is 2.16. The smallest absolute Gasteiger partial charge is 0.262 e. The number of carbonyl (C=O) groups is 1. The van der Waals surface area contributed by atoms with E-state index >= 15 is 0 Å². The molecule has 130 valence electrons. The standard InChI is InChI=1S/C16H15ClN4O2S2/c1-8-9(2)25-14-12(8)15(23)21(3)16(20-14)24-7-11(22)19-10-5-4-6-18-13(10)17/h4-6H,7H2,1-3H3,(H,19,22). The fourth-order valence-electron chi connectivity index (χ4n) is 2.28. The summed E-state index contributed by atoms with van der Waals surface area (Å²) in [6, 6.07) is 3.37. The summed E-state index contributed by atoms with van der Waals surface area (Å²) in [6.45, 7) is 3.90. The largest absolute Gasteiger partial charge is 0.323 e. The highest BCUT2D eigenvalue weighted by molar-refractivity contribution is 7.99. The van der Waals surface area contributed by atoms with Crippen LogP contribution in [0.25, 0.3) is 10.2 Å². The van der Waals surface area contributed by atoms with Crippen LogP contribution in [0.1, 0.15) is 10.4 Å². The van der Waals surface area contributed by atoms with Gasteiger partial charge in [0.2, 0.25) is 5.91 Å². The predicted molar refractivity (Wildman–Crippen MR) is 103 cm³/mol. The van der Waals surface area contributed by atoms with Crippen LogP contribution in [0.5, 0.6) is 0 Å². The number of thioether (sulfide) groups is 1. The van der Waals surface area contributed by atoms with E-state index in [9.17, 15) is 9.59 Å². The van der Waals surface area contributed by atoms with Gasteiger partial charge in [-0.1, -0.05) is 23.4 Å². The van der Waals surface area contributed by atoms with Crippen molar-refractivity contribution in [2.75, 3.05) is 11.1 Å². The molecule has 0 unspecified atom stereocenters. The van der Waals surface area contributed by atoms with Crippen LogP contribution in [0.15, 0.2) is 28.3 Å². The second-order valence-electron chi connectivity index (χ2n) is 5.40. The average Bonchev–Trinajstić information content (AvgIpc) is 2.86. The predicted octanol–water partition coefficient (Wildman–Crippen LogP) is 3.39. The maximum absolute atomic E-state index is 12.6. The molecule has 3 rings (SSSR count). The molecule has 0 fully saturated rings. The normalized spacial score (nSPS) is 11.0. The lowest BCUT2D eigenvalue weighted by Crippen LogP contribution is -2.21. The molecule has 25 heavy (non-hydrogen) atoms. The maximum atomic E-state index is 12.6. The zero-order valence-electron chi connectivity index (χ0n) is 13.8. The number of hydrogen-bond acceptors (Lipinski definition) is 6. The van der Waals surface area contributed by atoms with Gasteiger partial charge in [-0.05, 0) is 31.5 Å². The molecule has 0 radical (unpaired) electrons. The van der Waals surface area contributed by atoms with Crippen molar-refractivity contribution in [3.63, 3.8) is 0 Å². The molecule has 3 heterocycles. The Labute approximate surface area is 157 Å². The first-order valence-electron chi connectivity index (χ1n) is 7.38. The average molecular weight is 395 g/mol. The van der Waals surface area contributed by atoms with E-state index in [0.717, 1.165) is 10.4 Å². The molecule has 9 heteroatoms. The Bertz CT molecular complexity index is 1030. The molecule has 6 nitrogen and oxygen atoms in total. The van der Waals surface area contributed by atoms with Gasteiger partial charge in [-0.2, -0.15) is 0 Å². The lowest BCUT2D eigenvalue weighted by molar-refractivity contribution is -0.113. The lowest BCUT2D eigenvalue weighted by atomic mass is 10.2. The van der Waals surface area contributed by atoms with E-state index in [1.807, 2.05) is 13.8 Å². The number of thiophene rings is 1. The minimum absolute atomic E-state index is 0.0925. The zero-order valence-corrected chi connectivity index (χ0v) is 16.2. The van der Waals surface area contributed by atoms with Gasteiger partial charge in [0.15, 0.2) is 10.3 Å². The third-order valence-corrected chi connectivity index (χ3v) is 6.17. The van der Waals surface area contributed by atoms with Gasteiger partial charge in [-0.25, -0.2) is 9.97 Å². The number of aromatic nitrogens is 3. The van der Waals surface area contributed by atoms with Crippen molar-refractivity contribution in [1.82, 2.24) is 14.5 Å². The minimum Gasteiger partial charge on any atom is -0.323 e. The molecule has 1 amide bonds. The number of rotatable bonds is 4. The molecule has 0 bridgehead atoms. The Morgan fingerprint density at radius 3 is 2.92 bits per heavy atom. The number of nitrogens with zero attached hydrogens (tertiary/aromatic N) is 3. The quantitative estimate of drug-likeness (QED) is 0.417. The molecule has 3 aromatic rings. The number of hydrogen-bond donors (Lipinski definition) is 1. The molecule has 0 saturated carbocycles. The van der Waals surface area contributed by atoms with Crippen LogP contribution >= 0.6 is 34.7 Å². The number of carbonyl (C=O) groups excluding carboxylic acids is 1. The molecule has 0 atom stereocenters. The van der Waals surface area contributed by atoms with Gasteiger partial charge >= 0.3 is 0 Å².